The van der Waals surface area contributed by atoms with Gasteiger partial charge in [0.05, 0.1) is 6.42 Å². The zero-order valence-electron chi connectivity index (χ0n) is 14.1. The van der Waals surface area contributed by atoms with Crippen LogP contribution in [-0.2, 0) is 16.1 Å². The molecule has 3 N–H and O–H groups in total. The summed E-state index contributed by atoms with van der Waals surface area (Å²) in [4.78, 5) is 26.3. The second-order valence-electron chi connectivity index (χ2n) is 6.03. The maximum atomic E-state index is 12.0. The van der Waals surface area contributed by atoms with Gasteiger partial charge in [0.1, 0.15) is 6.61 Å². The van der Waals surface area contributed by atoms with Crippen LogP contribution < -0.4 is 5.32 Å². The molecule has 0 bridgehead atoms. The Morgan fingerprint density at radius 3 is 2.58 bits per heavy atom. The van der Waals surface area contributed by atoms with Crippen LogP contribution in [0.25, 0.3) is 10.9 Å². The zero-order chi connectivity index (χ0) is 18.4. The van der Waals surface area contributed by atoms with E-state index in [1.165, 1.54) is 0 Å². The zero-order valence-corrected chi connectivity index (χ0v) is 14.1. The molecule has 134 valence electrons. The number of hydrogen-bond donors (Lipinski definition) is 3. The van der Waals surface area contributed by atoms with Crippen molar-refractivity contribution in [3.63, 3.8) is 0 Å². The number of carboxylic acids is 1. The summed E-state index contributed by atoms with van der Waals surface area (Å²) in [6.07, 6.45) is 1.15. The first kappa shape index (κ1) is 17.5. The molecule has 0 spiro atoms. The van der Waals surface area contributed by atoms with Crippen molar-refractivity contribution in [3.8, 4) is 0 Å². The summed E-state index contributed by atoms with van der Waals surface area (Å²) < 4.78 is 5.18. The van der Waals surface area contributed by atoms with E-state index in [0.29, 0.717) is 0 Å². The predicted molar refractivity (Wildman–Crippen MR) is 97.9 cm³/mol. The van der Waals surface area contributed by atoms with Gasteiger partial charge in [0.25, 0.3) is 0 Å². The molecule has 6 nitrogen and oxygen atoms in total. The first-order valence-electron chi connectivity index (χ1n) is 8.36. The number of alkyl carbamates (subject to hydrolysis) is 1. The smallest absolute Gasteiger partial charge is 0.407 e. The minimum atomic E-state index is -0.917. The van der Waals surface area contributed by atoms with E-state index >= 15 is 0 Å². The van der Waals surface area contributed by atoms with Crippen molar-refractivity contribution in [1.29, 1.82) is 0 Å². The number of fused-ring (bicyclic) bond motifs is 1. The molecule has 2 aromatic carbocycles. The van der Waals surface area contributed by atoms with Crippen LogP contribution in [-0.4, -0.2) is 28.7 Å². The average molecular weight is 352 g/mol. The molecule has 0 aliphatic carbocycles. The molecule has 1 amide bonds. The van der Waals surface area contributed by atoms with Crippen LogP contribution in [0.4, 0.5) is 4.79 Å². The fraction of sp³-hybridized carbons (Fsp3) is 0.200. The van der Waals surface area contributed by atoms with Crippen molar-refractivity contribution in [2.75, 3.05) is 6.54 Å². The largest absolute Gasteiger partial charge is 0.481 e. The van der Waals surface area contributed by atoms with Crippen molar-refractivity contribution in [2.24, 2.45) is 0 Å². The monoisotopic (exact) mass is 352 g/mol. The van der Waals surface area contributed by atoms with Crippen molar-refractivity contribution >= 4 is 23.0 Å². The number of benzene rings is 2. The lowest BCUT2D eigenvalue weighted by Gasteiger charge is -2.15. The Balaban J connectivity index is 1.63. The van der Waals surface area contributed by atoms with Crippen molar-refractivity contribution in [3.05, 3.63) is 71.9 Å². The van der Waals surface area contributed by atoms with Gasteiger partial charge < -0.3 is 20.1 Å². The van der Waals surface area contributed by atoms with Gasteiger partial charge in [-0.1, -0.05) is 48.5 Å². The number of aromatic nitrogens is 1. The third kappa shape index (κ3) is 4.42. The quantitative estimate of drug-likeness (QED) is 0.605. The molecule has 6 heteroatoms. The van der Waals surface area contributed by atoms with E-state index in [9.17, 15) is 14.7 Å². The predicted octanol–water partition coefficient (Wildman–Crippen LogP) is 3.65. The van der Waals surface area contributed by atoms with Crippen LogP contribution in [0.3, 0.4) is 0 Å². The fourth-order valence-corrected chi connectivity index (χ4v) is 2.92. The number of carboxylic acid groups (broad SMARTS) is 1. The SMILES string of the molecule is O=C(O)CC(CNC(=O)OCc1ccccc1)c1c[nH]c2ccccc12. The minimum Gasteiger partial charge on any atom is -0.481 e. The lowest BCUT2D eigenvalue weighted by atomic mass is 9.95. The number of carbonyl (C=O) groups excluding carboxylic acids is 1. The van der Waals surface area contributed by atoms with Gasteiger partial charge in [-0.3, -0.25) is 4.79 Å². The van der Waals surface area contributed by atoms with Crippen molar-refractivity contribution < 1.29 is 19.4 Å². The molecule has 3 aromatic rings. The summed E-state index contributed by atoms with van der Waals surface area (Å²) in [5.74, 6) is -1.27. The topological polar surface area (TPSA) is 91.4 Å². The first-order chi connectivity index (χ1) is 12.6. The molecule has 26 heavy (non-hydrogen) atoms. The first-order valence-corrected chi connectivity index (χ1v) is 8.36. The van der Waals surface area contributed by atoms with E-state index in [-0.39, 0.29) is 25.5 Å². The summed E-state index contributed by atoms with van der Waals surface area (Å²) in [6, 6.07) is 17.0. The lowest BCUT2D eigenvalue weighted by molar-refractivity contribution is -0.137. The normalized spacial score (nSPS) is 11.8. The van der Waals surface area contributed by atoms with Gasteiger partial charge in [-0.25, -0.2) is 4.79 Å². The molecule has 0 saturated heterocycles. The second kappa shape index (κ2) is 8.20. The van der Waals surface area contributed by atoms with Crippen LogP contribution in [0, 0.1) is 0 Å². The number of aliphatic carboxylic acids is 1. The van der Waals surface area contributed by atoms with Crippen LogP contribution in [0.5, 0.6) is 0 Å². The van der Waals surface area contributed by atoms with Gasteiger partial charge in [-0.15, -0.1) is 0 Å². The van der Waals surface area contributed by atoms with E-state index < -0.39 is 12.1 Å². The Labute approximate surface area is 150 Å². The Morgan fingerprint density at radius 2 is 1.81 bits per heavy atom. The molecule has 1 heterocycles. The third-order valence-corrected chi connectivity index (χ3v) is 4.19. The van der Waals surface area contributed by atoms with Gasteiger partial charge >= 0.3 is 12.1 Å². The Kier molecular flexibility index (Phi) is 5.53. The van der Waals surface area contributed by atoms with Gasteiger partial charge in [-0.2, -0.15) is 0 Å². The number of hydrogen-bond acceptors (Lipinski definition) is 3. The summed E-state index contributed by atoms with van der Waals surface area (Å²) in [7, 11) is 0. The summed E-state index contributed by atoms with van der Waals surface area (Å²) in [5.41, 5.74) is 2.69. The Hall–Kier alpha value is -3.28. The maximum Gasteiger partial charge on any atom is 0.407 e. The van der Waals surface area contributed by atoms with E-state index in [2.05, 4.69) is 10.3 Å². The number of nitrogens with one attached hydrogen (secondary N) is 2. The van der Waals surface area contributed by atoms with Gasteiger partial charge in [-0.05, 0) is 17.2 Å². The summed E-state index contributed by atoms with van der Waals surface area (Å²) in [6.45, 7) is 0.352. The van der Waals surface area contributed by atoms with Gasteiger partial charge in [0, 0.05) is 29.6 Å². The van der Waals surface area contributed by atoms with Crippen LogP contribution in [0.2, 0.25) is 0 Å². The molecule has 0 aliphatic rings. The van der Waals surface area contributed by atoms with E-state index in [1.54, 1.807) is 6.20 Å². The highest BCUT2D eigenvalue weighted by atomic mass is 16.5. The molecule has 1 unspecified atom stereocenters. The number of para-hydroxylation sites is 1. The highest BCUT2D eigenvalue weighted by Crippen LogP contribution is 2.27. The fourth-order valence-electron chi connectivity index (χ4n) is 2.92. The number of ether oxygens (including phenoxy) is 1. The lowest BCUT2D eigenvalue weighted by Crippen LogP contribution is -2.29. The molecule has 1 aromatic heterocycles. The van der Waals surface area contributed by atoms with Crippen LogP contribution in [0.15, 0.2) is 60.8 Å². The molecule has 0 fully saturated rings. The van der Waals surface area contributed by atoms with E-state index in [0.717, 1.165) is 22.0 Å². The van der Waals surface area contributed by atoms with Gasteiger partial charge in [0.15, 0.2) is 0 Å². The molecule has 1 atom stereocenters. The van der Waals surface area contributed by atoms with Crippen LogP contribution in [0.1, 0.15) is 23.5 Å². The molecule has 0 saturated carbocycles. The number of amides is 1. The highest BCUT2D eigenvalue weighted by Gasteiger charge is 2.20. The molecular weight excluding hydrogens is 332 g/mol. The highest BCUT2D eigenvalue weighted by molar-refractivity contribution is 5.84. The standard InChI is InChI=1S/C20H20N2O4/c23-19(24)10-15(17-12-21-18-9-5-4-8-16(17)18)11-22-20(25)26-13-14-6-2-1-3-7-14/h1-9,12,15,21H,10-11,13H2,(H,22,25)(H,23,24). The Bertz CT molecular complexity index is 889. The van der Waals surface area contributed by atoms with Crippen LogP contribution >= 0.6 is 0 Å². The van der Waals surface area contributed by atoms with Crippen molar-refractivity contribution in [1.82, 2.24) is 10.3 Å². The number of rotatable bonds is 7. The number of carbonyl (C=O) groups is 2. The third-order valence-electron chi connectivity index (χ3n) is 4.19. The van der Waals surface area contributed by atoms with E-state index in [1.807, 2.05) is 54.6 Å². The average Bonchev–Trinajstić information content (AvgIpc) is 3.08. The minimum absolute atomic E-state index is 0.0825. The molecular formula is C20H20N2O4. The summed E-state index contributed by atoms with van der Waals surface area (Å²) >= 11 is 0. The van der Waals surface area contributed by atoms with Gasteiger partial charge in [0.2, 0.25) is 0 Å². The summed E-state index contributed by atoms with van der Waals surface area (Å²) in [5, 5.41) is 12.8. The molecule has 0 aliphatic heterocycles. The number of H-pyrrole nitrogens is 1. The van der Waals surface area contributed by atoms with E-state index in [4.69, 9.17) is 4.74 Å². The molecule has 3 rings (SSSR count). The maximum absolute atomic E-state index is 12.0. The van der Waals surface area contributed by atoms with Crippen molar-refractivity contribution in [2.45, 2.75) is 18.9 Å². The Morgan fingerprint density at radius 1 is 1.08 bits per heavy atom. The number of aromatic amines is 1. The molecule has 0 radical (unpaired) electrons. The second-order valence-corrected chi connectivity index (χ2v) is 6.03.